The Hall–Kier alpha value is -5.24. The Morgan fingerprint density at radius 1 is 1.15 bits per heavy atom. The maximum Gasteiger partial charge on any atom is 0.296 e. The second-order valence-electron chi connectivity index (χ2n) is 8.49. The molecule has 0 aliphatic rings. The first-order valence-electron chi connectivity index (χ1n) is 11.8. The van der Waals surface area contributed by atoms with E-state index in [1.165, 1.54) is 34.5 Å². The van der Waals surface area contributed by atoms with E-state index < -0.39 is 17.2 Å². The fraction of sp³-hybridized carbons (Fsp3) is 0.214. The summed E-state index contributed by atoms with van der Waals surface area (Å²) in [6, 6.07) is 19.3. The van der Waals surface area contributed by atoms with Gasteiger partial charge >= 0.3 is 0 Å². The van der Waals surface area contributed by atoms with Gasteiger partial charge in [0.25, 0.3) is 11.5 Å². The molecule has 2 amide bonds. The minimum atomic E-state index is -0.709. The number of anilines is 1. The van der Waals surface area contributed by atoms with Gasteiger partial charge < -0.3 is 19.8 Å². The summed E-state index contributed by atoms with van der Waals surface area (Å²) in [4.78, 5) is 39.5. The van der Waals surface area contributed by atoms with Gasteiger partial charge in [-0.3, -0.25) is 19.0 Å². The van der Waals surface area contributed by atoms with E-state index in [1.807, 2.05) is 61.5 Å². The van der Waals surface area contributed by atoms with Crippen molar-refractivity contribution in [1.29, 1.82) is 5.26 Å². The van der Waals surface area contributed by atoms with Crippen molar-refractivity contribution in [2.75, 3.05) is 19.4 Å². The monoisotopic (exact) mass is 530 g/mol. The maximum atomic E-state index is 12.3. The summed E-state index contributed by atoms with van der Waals surface area (Å²) in [5.74, 6) is -0.999. The number of rotatable bonds is 6. The summed E-state index contributed by atoms with van der Waals surface area (Å²) >= 11 is 0. The van der Waals surface area contributed by atoms with Crippen molar-refractivity contribution >= 4 is 18.0 Å². The molecule has 0 atom stereocenters. The predicted octanol–water partition coefficient (Wildman–Crippen LogP) is 3.08. The summed E-state index contributed by atoms with van der Waals surface area (Å²) < 4.78 is 5.87. The first-order valence-corrected chi connectivity index (χ1v) is 11.8. The molecule has 0 fully saturated rings. The van der Waals surface area contributed by atoms with Crippen LogP contribution in [0.2, 0.25) is 0 Å². The normalized spacial score (nSPS) is 9.62. The molecule has 11 heteroatoms. The molecule has 39 heavy (non-hydrogen) atoms. The maximum absolute atomic E-state index is 12.3. The molecule has 0 saturated heterocycles. The van der Waals surface area contributed by atoms with Crippen LogP contribution >= 0.6 is 0 Å². The van der Waals surface area contributed by atoms with E-state index in [1.54, 1.807) is 14.1 Å². The Bertz CT molecular complexity index is 1440. The summed E-state index contributed by atoms with van der Waals surface area (Å²) in [6.45, 7) is 2.00. The molecule has 4 rings (SSSR count). The molecule has 0 radical (unpaired) electrons. The number of hydrogen-bond acceptors (Lipinski definition) is 8. The molecule has 202 valence electrons. The van der Waals surface area contributed by atoms with Crippen molar-refractivity contribution in [3.05, 3.63) is 106 Å². The van der Waals surface area contributed by atoms with E-state index in [9.17, 15) is 19.5 Å². The number of amides is 2. The lowest BCUT2D eigenvalue weighted by atomic mass is 10.1. The number of nitrogens with zero attached hydrogens (tertiary/aromatic N) is 5. The highest BCUT2D eigenvalue weighted by Crippen LogP contribution is 2.14. The van der Waals surface area contributed by atoms with Crippen LogP contribution in [0, 0.1) is 18.3 Å². The van der Waals surface area contributed by atoms with Crippen LogP contribution < -0.4 is 10.9 Å². The van der Waals surface area contributed by atoms with Crippen LogP contribution in [-0.2, 0) is 24.7 Å². The number of benzene rings is 2. The third kappa shape index (κ3) is 9.62. The lowest BCUT2D eigenvalue weighted by Crippen LogP contribution is -2.27. The third-order valence-electron chi connectivity index (χ3n) is 5.14. The van der Waals surface area contributed by atoms with Crippen molar-refractivity contribution in [2.45, 2.75) is 19.8 Å². The van der Waals surface area contributed by atoms with E-state index in [0.717, 1.165) is 17.5 Å². The third-order valence-corrected chi connectivity index (χ3v) is 5.14. The van der Waals surface area contributed by atoms with Gasteiger partial charge in [0, 0.05) is 27.6 Å². The molecule has 11 nitrogen and oxygen atoms in total. The standard InChI is InChI=1S/C17H16N4O4.C8H7N.C3H7NO/c1-21-13(8-7-11-5-3-2-4-6-11)20-14(15(22)17(21)24)16(23)19-12-9-18-25-10-12;1-7-2-4-8(6-9)5-3-7;1-4(2)3-5/h2-6,9-10,22H,7-8H2,1H3,(H,19,23);2-5H,1H3;3H,1-2H3. The average Bonchev–Trinajstić information content (AvgIpc) is 3.46. The van der Waals surface area contributed by atoms with Gasteiger partial charge in [0.15, 0.2) is 5.69 Å². The first kappa shape index (κ1) is 30.0. The number of carbonyl (C=O) groups excluding carboxylic acids is 2. The molecule has 0 saturated carbocycles. The van der Waals surface area contributed by atoms with Crippen LogP contribution in [0.5, 0.6) is 5.75 Å². The summed E-state index contributed by atoms with van der Waals surface area (Å²) in [6.07, 6.45) is 4.38. The van der Waals surface area contributed by atoms with Crippen LogP contribution in [-0.4, -0.2) is 51.1 Å². The van der Waals surface area contributed by atoms with Crippen molar-refractivity contribution in [3.8, 4) is 11.8 Å². The molecular formula is C28H30N6O5. The van der Waals surface area contributed by atoms with E-state index in [0.29, 0.717) is 24.4 Å². The molecule has 0 spiro atoms. The van der Waals surface area contributed by atoms with Crippen molar-refractivity contribution in [2.24, 2.45) is 7.05 Å². The number of aromatic nitrogens is 3. The van der Waals surface area contributed by atoms with Crippen molar-refractivity contribution in [1.82, 2.24) is 19.6 Å². The van der Waals surface area contributed by atoms with Gasteiger partial charge in [-0.15, -0.1) is 0 Å². The topological polar surface area (TPSA) is 154 Å². The molecule has 2 aromatic carbocycles. The first-order chi connectivity index (χ1) is 18.7. The van der Waals surface area contributed by atoms with Crippen LogP contribution in [0.3, 0.4) is 0 Å². The molecule has 0 aliphatic heterocycles. The number of carbonyl (C=O) groups is 2. The van der Waals surface area contributed by atoms with Crippen LogP contribution in [0.4, 0.5) is 5.69 Å². The van der Waals surface area contributed by atoms with Crippen LogP contribution in [0.25, 0.3) is 0 Å². The minimum Gasteiger partial charge on any atom is -0.501 e. The number of nitrogens with one attached hydrogen (secondary N) is 1. The van der Waals surface area contributed by atoms with E-state index >= 15 is 0 Å². The zero-order valence-electron chi connectivity index (χ0n) is 22.2. The van der Waals surface area contributed by atoms with Gasteiger partial charge in [0.1, 0.15) is 17.8 Å². The van der Waals surface area contributed by atoms with Gasteiger partial charge in [0.05, 0.1) is 17.8 Å². The smallest absolute Gasteiger partial charge is 0.296 e. The van der Waals surface area contributed by atoms with E-state index in [2.05, 4.69) is 26.0 Å². The lowest BCUT2D eigenvalue weighted by Gasteiger charge is -2.11. The van der Waals surface area contributed by atoms with Crippen molar-refractivity contribution < 1.29 is 19.2 Å². The quantitative estimate of drug-likeness (QED) is 0.361. The van der Waals surface area contributed by atoms with Crippen molar-refractivity contribution in [3.63, 3.8) is 0 Å². The number of aromatic hydroxyl groups is 1. The predicted molar refractivity (Wildman–Crippen MR) is 145 cm³/mol. The second kappa shape index (κ2) is 15.1. The Morgan fingerprint density at radius 3 is 2.33 bits per heavy atom. The zero-order valence-corrected chi connectivity index (χ0v) is 22.2. The Balaban J connectivity index is 0.000000313. The average molecular weight is 531 g/mol. The second-order valence-corrected chi connectivity index (χ2v) is 8.49. The Morgan fingerprint density at radius 2 is 1.79 bits per heavy atom. The van der Waals surface area contributed by atoms with Gasteiger partial charge in [-0.1, -0.05) is 53.2 Å². The highest BCUT2D eigenvalue weighted by molar-refractivity contribution is 6.04. The Labute approximate surface area is 225 Å². The molecule has 0 aliphatic carbocycles. The molecule has 2 heterocycles. The fourth-order valence-corrected chi connectivity index (χ4v) is 3.00. The number of hydrogen-bond donors (Lipinski definition) is 2. The highest BCUT2D eigenvalue weighted by atomic mass is 16.5. The molecule has 0 bridgehead atoms. The largest absolute Gasteiger partial charge is 0.501 e. The van der Waals surface area contributed by atoms with Gasteiger partial charge in [-0.05, 0) is 31.0 Å². The number of aryl methyl sites for hydroxylation is 3. The molecular weight excluding hydrogens is 500 g/mol. The lowest BCUT2D eigenvalue weighted by molar-refractivity contribution is -0.115. The van der Waals surface area contributed by atoms with Gasteiger partial charge in [-0.25, -0.2) is 4.98 Å². The van der Waals surface area contributed by atoms with Gasteiger partial charge in [0.2, 0.25) is 12.2 Å². The zero-order chi connectivity index (χ0) is 28.8. The Kier molecular flexibility index (Phi) is 11.6. The van der Waals surface area contributed by atoms with E-state index in [4.69, 9.17) is 5.26 Å². The SMILES string of the molecule is CN(C)C=O.Cc1ccc(C#N)cc1.Cn1c(CCc2ccccc2)nc(C(=O)Nc2cnoc2)c(O)c1=O. The molecule has 0 unspecified atom stereocenters. The summed E-state index contributed by atoms with van der Waals surface area (Å²) in [5, 5.41) is 24.3. The summed E-state index contributed by atoms with van der Waals surface area (Å²) in [7, 11) is 4.89. The molecule has 2 aromatic heterocycles. The van der Waals surface area contributed by atoms with Crippen LogP contribution in [0.1, 0.15) is 33.0 Å². The fourth-order valence-electron chi connectivity index (χ4n) is 3.00. The number of nitriles is 1. The molecule has 2 N–H and O–H groups in total. The van der Waals surface area contributed by atoms with Gasteiger partial charge in [-0.2, -0.15) is 5.26 Å². The minimum absolute atomic E-state index is 0.303. The van der Waals surface area contributed by atoms with E-state index in [-0.39, 0.29) is 5.69 Å². The molecule has 4 aromatic rings. The van der Waals surface area contributed by atoms with Crippen LogP contribution in [0.15, 0.2) is 76.4 Å². The summed E-state index contributed by atoms with van der Waals surface area (Å²) in [5.41, 5.74) is 2.30. The highest BCUT2D eigenvalue weighted by Gasteiger charge is 2.20.